The van der Waals surface area contributed by atoms with Gasteiger partial charge in [0, 0.05) is 11.6 Å². The molecule has 0 aromatic heterocycles. The summed E-state index contributed by atoms with van der Waals surface area (Å²) in [5.41, 5.74) is 2.75. The number of rotatable bonds is 7. The molecule has 138 valence electrons. The number of nitro benzene ring substituents is 1. The van der Waals surface area contributed by atoms with Gasteiger partial charge in [-0.15, -0.1) is 4.83 Å². The summed E-state index contributed by atoms with van der Waals surface area (Å²) in [6.45, 7) is 1.50. The van der Waals surface area contributed by atoms with Crippen LogP contribution in [0.15, 0.2) is 47.4 Å². The minimum Gasteiger partial charge on any atom is -0.497 e. The van der Waals surface area contributed by atoms with Crippen molar-refractivity contribution in [2.75, 3.05) is 7.11 Å². The lowest BCUT2D eigenvalue weighted by Crippen LogP contribution is -2.42. The maximum Gasteiger partial charge on any atom is 0.273 e. The van der Waals surface area contributed by atoms with Gasteiger partial charge in [0.15, 0.2) is 0 Å². The van der Waals surface area contributed by atoms with Crippen molar-refractivity contribution < 1.29 is 22.9 Å². The highest BCUT2D eigenvalue weighted by Crippen LogP contribution is 2.21. The Morgan fingerprint density at radius 2 is 1.85 bits per heavy atom. The highest BCUT2D eigenvalue weighted by molar-refractivity contribution is 7.89. The Kier molecular flexibility index (Phi) is 5.90. The number of carbonyl (C=O) groups excluding carboxylic acids is 1. The number of methoxy groups -OCH3 is 1. The molecule has 1 amide bonds. The second kappa shape index (κ2) is 7.93. The molecule has 2 aromatic rings. The second-order valence-corrected chi connectivity index (χ2v) is 7.07. The van der Waals surface area contributed by atoms with E-state index in [2.05, 4.69) is 5.43 Å². The summed E-state index contributed by atoms with van der Waals surface area (Å²) in [6, 6.07) is 10.2. The maximum absolute atomic E-state index is 12.2. The molecular weight excluding hydrogens is 362 g/mol. The first-order chi connectivity index (χ1) is 12.2. The molecule has 0 bridgehead atoms. The van der Waals surface area contributed by atoms with Crippen LogP contribution in [-0.2, 0) is 21.2 Å². The number of nitro groups is 1. The number of aryl methyl sites for hydroxylation is 1. The Hall–Kier alpha value is -2.98. The lowest BCUT2D eigenvalue weighted by molar-refractivity contribution is -0.385. The van der Waals surface area contributed by atoms with Crippen molar-refractivity contribution in [2.24, 2.45) is 0 Å². The molecular formula is C16H17N3O6S. The fraction of sp³-hybridized carbons (Fsp3) is 0.188. The summed E-state index contributed by atoms with van der Waals surface area (Å²) in [4.78, 5) is 23.8. The lowest BCUT2D eigenvalue weighted by atomic mass is 10.1. The van der Waals surface area contributed by atoms with Gasteiger partial charge in [-0.25, -0.2) is 8.42 Å². The Morgan fingerprint density at radius 3 is 2.42 bits per heavy atom. The molecule has 0 fully saturated rings. The van der Waals surface area contributed by atoms with E-state index in [0.29, 0.717) is 16.9 Å². The third-order valence-electron chi connectivity index (χ3n) is 3.54. The van der Waals surface area contributed by atoms with Crippen molar-refractivity contribution in [1.82, 2.24) is 10.3 Å². The van der Waals surface area contributed by atoms with E-state index in [1.54, 1.807) is 24.3 Å². The van der Waals surface area contributed by atoms with E-state index in [4.69, 9.17) is 4.74 Å². The molecule has 2 rings (SSSR count). The smallest absolute Gasteiger partial charge is 0.273 e. The van der Waals surface area contributed by atoms with Gasteiger partial charge in [-0.3, -0.25) is 20.3 Å². The van der Waals surface area contributed by atoms with Crippen LogP contribution in [0.3, 0.4) is 0 Å². The van der Waals surface area contributed by atoms with Crippen molar-refractivity contribution in [3.8, 4) is 5.75 Å². The Morgan fingerprint density at radius 1 is 1.19 bits per heavy atom. The lowest BCUT2D eigenvalue weighted by Gasteiger charge is -2.09. The van der Waals surface area contributed by atoms with Crippen LogP contribution in [-0.4, -0.2) is 26.4 Å². The number of nitrogens with zero attached hydrogens (tertiary/aromatic N) is 1. The molecule has 0 aliphatic heterocycles. The third-order valence-corrected chi connectivity index (χ3v) is 4.78. The minimum atomic E-state index is -4.14. The van der Waals surface area contributed by atoms with Crippen LogP contribution in [0, 0.1) is 17.0 Å². The van der Waals surface area contributed by atoms with Gasteiger partial charge in [0.05, 0.1) is 23.3 Å². The zero-order valence-corrected chi connectivity index (χ0v) is 14.9. The van der Waals surface area contributed by atoms with Gasteiger partial charge in [0.2, 0.25) is 5.91 Å². The molecule has 0 unspecified atom stereocenters. The van der Waals surface area contributed by atoms with Crippen molar-refractivity contribution in [3.05, 3.63) is 63.7 Å². The number of benzene rings is 2. The molecule has 2 aromatic carbocycles. The number of sulfonamides is 1. The molecule has 9 nitrogen and oxygen atoms in total. The van der Waals surface area contributed by atoms with Crippen molar-refractivity contribution in [3.63, 3.8) is 0 Å². The van der Waals surface area contributed by atoms with E-state index < -0.39 is 20.9 Å². The first-order valence-electron chi connectivity index (χ1n) is 7.41. The number of hydrogen-bond donors (Lipinski definition) is 2. The molecule has 0 saturated heterocycles. The molecule has 0 radical (unpaired) electrons. The van der Waals surface area contributed by atoms with Gasteiger partial charge in [0.25, 0.3) is 15.7 Å². The van der Waals surface area contributed by atoms with Crippen molar-refractivity contribution in [2.45, 2.75) is 18.2 Å². The zero-order valence-electron chi connectivity index (χ0n) is 14.1. The number of ether oxygens (including phenoxy) is 1. The normalized spacial score (nSPS) is 11.0. The summed E-state index contributed by atoms with van der Waals surface area (Å²) >= 11 is 0. The van der Waals surface area contributed by atoms with E-state index in [9.17, 15) is 23.3 Å². The predicted octanol–water partition coefficient (Wildman–Crippen LogP) is 1.46. The van der Waals surface area contributed by atoms with Gasteiger partial charge in [0.1, 0.15) is 5.75 Å². The average molecular weight is 379 g/mol. The first kappa shape index (κ1) is 19.3. The Balaban J connectivity index is 2.04. The molecule has 2 N–H and O–H groups in total. The average Bonchev–Trinajstić information content (AvgIpc) is 2.60. The summed E-state index contributed by atoms with van der Waals surface area (Å²) in [6.07, 6.45) is -0.0550. The molecule has 0 aliphatic rings. The molecule has 0 saturated carbocycles. The van der Waals surface area contributed by atoms with E-state index in [1.807, 2.05) is 4.83 Å². The number of hydrogen-bond acceptors (Lipinski definition) is 6. The molecule has 0 atom stereocenters. The fourth-order valence-corrected chi connectivity index (χ4v) is 2.99. The SMILES string of the molecule is COc1ccc(CC(=O)NNS(=O)(=O)c2ccc(C)c([N+](=O)[O-])c2)cc1. The largest absolute Gasteiger partial charge is 0.497 e. The summed E-state index contributed by atoms with van der Waals surface area (Å²) in [7, 11) is -2.62. The highest BCUT2D eigenvalue weighted by atomic mass is 32.2. The van der Waals surface area contributed by atoms with Crippen LogP contribution in [0.2, 0.25) is 0 Å². The number of hydrazine groups is 1. The van der Waals surface area contributed by atoms with E-state index in [0.717, 1.165) is 6.07 Å². The van der Waals surface area contributed by atoms with E-state index in [1.165, 1.54) is 26.2 Å². The Bertz CT molecular complexity index is 926. The standard InChI is InChI=1S/C16H17N3O6S/c1-11-3-8-14(10-15(11)19(21)22)26(23,24)18-17-16(20)9-12-4-6-13(25-2)7-5-12/h3-8,10,18H,9H2,1-2H3,(H,17,20). The minimum absolute atomic E-state index is 0.0550. The molecule has 10 heteroatoms. The molecule has 26 heavy (non-hydrogen) atoms. The quantitative estimate of drug-likeness (QED) is 0.554. The number of nitrogens with one attached hydrogen (secondary N) is 2. The van der Waals surface area contributed by atoms with Gasteiger partial charge in [-0.2, -0.15) is 0 Å². The molecule has 0 aliphatic carbocycles. The van der Waals surface area contributed by atoms with E-state index in [-0.39, 0.29) is 17.0 Å². The van der Waals surface area contributed by atoms with Crippen LogP contribution >= 0.6 is 0 Å². The topological polar surface area (TPSA) is 128 Å². The zero-order chi connectivity index (χ0) is 19.3. The van der Waals surface area contributed by atoms with Crippen LogP contribution in [0.1, 0.15) is 11.1 Å². The maximum atomic E-state index is 12.2. The van der Waals surface area contributed by atoms with Crippen LogP contribution in [0.5, 0.6) is 5.75 Å². The monoisotopic (exact) mass is 379 g/mol. The number of amides is 1. The fourth-order valence-electron chi connectivity index (χ4n) is 2.11. The highest BCUT2D eigenvalue weighted by Gasteiger charge is 2.20. The van der Waals surface area contributed by atoms with Crippen LogP contribution in [0.25, 0.3) is 0 Å². The molecule has 0 spiro atoms. The summed E-state index contributed by atoms with van der Waals surface area (Å²) in [5.74, 6) is 0.0520. The van der Waals surface area contributed by atoms with Crippen LogP contribution in [0.4, 0.5) is 5.69 Å². The van der Waals surface area contributed by atoms with Crippen molar-refractivity contribution >= 4 is 21.6 Å². The summed E-state index contributed by atoms with van der Waals surface area (Å²) < 4.78 is 29.4. The first-order valence-corrected chi connectivity index (χ1v) is 8.90. The second-order valence-electron chi connectivity index (χ2n) is 5.38. The van der Waals surface area contributed by atoms with Gasteiger partial charge >= 0.3 is 0 Å². The number of carbonyl (C=O) groups is 1. The van der Waals surface area contributed by atoms with Crippen molar-refractivity contribution in [1.29, 1.82) is 0 Å². The molecule has 0 heterocycles. The summed E-state index contributed by atoms with van der Waals surface area (Å²) in [5, 5.41) is 10.9. The van der Waals surface area contributed by atoms with Gasteiger partial charge in [-0.1, -0.05) is 18.2 Å². The Labute approximate surface area is 150 Å². The predicted molar refractivity (Wildman–Crippen MR) is 93.0 cm³/mol. The van der Waals surface area contributed by atoms with Crippen LogP contribution < -0.4 is 15.0 Å². The van der Waals surface area contributed by atoms with E-state index >= 15 is 0 Å². The van der Waals surface area contributed by atoms with Gasteiger partial charge in [-0.05, 0) is 30.7 Å². The van der Waals surface area contributed by atoms with Gasteiger partial charge < -0.3 is 4.74 Å². The third kappa shape index (κ3) is 4.77.